The third-order valence-electron chi connectivity index (χ3n) is 4.37. The van der Waals surface area contributed by atoms with Crippen molar-refractivity contribution in [3.8, 4) is 0 Å². The molecule has 1 heterocycles. The molecule has 2 atom stereocenters. The number of hydrogen-bond donors (Lipinski definition) is 1. The minimum absolute atomic E-state index is 0. The molecule has 0 amide bonds. The largest absolute Gasteiger partial charge is 0.416 e. The highest BCUT2D eigenvalue weighted by Crippen LogP contribution is 2.36. The molecule has 1 N–H and O–H groups in total. The quantitative estimate of drug-likeness (QED) is 0.750. The highest BCUT2D eigenvalue weighted by Gasteiger charge is 2.33. The maximum absolute atomic E-state index is 14.3. The highest BCUT2D eigenvalue weighted by atomic mass is 35.5. The molecule has 1 fully saturated rings. The molecule has 0 bridgehead atoms. The van der Waals surface area contributed by atoms with Crippen LogP contribution in [0.4, 0.5) is 17.6 Å². The molecule has 0 aromatic heterocycles. The van der Waals surface area contributed by atoms with Crippen LogP contribution in [0.5, 0.6) is 0 Å². The molecule has 1 unspecified atom stereocenters. The van der Waals surface area contributed by atoms with E-state index < -0.39 is 17.6 Å². The van der Waals surface area contributed by atoms with Crippen LogP contribution in [-0.4, -0.2) is 31.1 Å². The van der Waals surface area contributed by atoms with Crippen molar-refractivity contribution in [2.75, 3.05) is 26.2 Å². The number of nitrogens with one attached hydrogen (secondary N) is 1. The van der Waals surface area contributed by atoms with Crippen LogP contribution in [0.2, 0.25) is 0 Å². The van der Waals surface area contributed by atoms with E-state index in [1.54, 1.807) is 0 Å². The van der Waals surface area contributed by atoms with Gasteiger partial charge in [0.2, 0.25) is 0 Å². The predicted octanol–water partition coefficient (Wildman–Crippen LogP) is 4.68. The lowest BCUT2D eigenvalue weighted by molar-refractivity contribution is -0.137. The summed E-state index contributed by atoms with van der Waals surface area (Å²) in [6, 6.07) is 2.72. The lowest BCUT2D eigenvalue weighted by Crippen LogP contribution is -2.46. The van der Waals surface area contributed by atoms with Crippen molar-refractivity contribution >= 4 is 24.8 Å². The zero-order chi connectivity index (χ0) is 16.3. The van der Waals surface area contributed by atoms with Crippen molar-refractivity contribution < 1.29 is 17.6 Å². The third kappa shape index (κ3) is 5.48. The Kier molecular flexibility index (Phi) is 9.57. The Morgan fingerprint density at radius 3 is 2.21 bits per heavy atom. The molecule has 140 valence electrons. The second-order valence-corrected chi connectivity index (χ2v) is 5.85. The van der Waals surface area contributed by atoms with E-state index in [0.29, 0.717) is 11.6 Å². The molecule has 1 aliphatic rings. The first kappa shape index (κ1) is 23.4. The lowest BCUT2D eigenvalue weighted by atomic mass is 9.89. The minimum Gasteiger partial charge on any atom is -0.314 e. The summed E-state index contributed by atoms with van der Waals surface area (Å²) in [6.45, 7) is 7.21. The smallest absolute Gasteiger partial charge is 0.314 e. The van der Waals surface area contributed by atoms with Crippen LogP contribution in [0.15, 0.2) is 18.2 Å². The highest BCUT2D eigenvalue weighted by molar-refractivity contribution is 5.85. The van der Waals surface area contributed by atoms with Crippen LogP contribution in [0.1, 0.15) is 37.4 Å². The van der Waals surface area contributed by atoms with Crippen molar-refractivity contribution in [3.05, 3.63) is 35.1 Å². The number of hydrogen-bond acceptors (Lipinski definition) is 2. The molecule has 2 rings (SSSR count). The van der Waals surface area contributed by atoms with Crippen molar-refractivity contribution in [1.29, 1.82) is 0 Å². The second-order valence-electron chi connectivity index (χ2n) is 5.85. The van der Waals surface area contributed by atoms with Crippen molar-refractivity contribution in [2.45, 2.75) is 32.5 Å². The fourth-order valence-electron chi connectivity index (χ4n) is 2.99. The van der Waals surface area contributed by atoms with Gasteiger partial charge in [-0.2, -0.15) is 13.2 Å². The van der Waals surface area contributed by atoms with Gasteiger partial charge in [-0.25, -0.2) is 4.39 Å². The minimum atomic E-state index is -4.51. The van der Waals surface area contributed by atoms with Gasteiger partial charge in [0, 0.05) is 37.8 Å². The third-order valence-corrected chi connectivity index (χ3v) is 4.37. The van der Waals surface area contributed by atoms with E-state index in [9.17, 15) is 17.6 Å². The van der Waals surface area contributed by atoms with Crippen LogP contribution in [0.25, 0.3) is 0 Å². The van der Waals surface area contributed by atoms with Crippen molar-refractivity contribution in [3.63, 3.8) is 0 Å². The number of halogens is 6. The summed E-state index contributed by atoms with van der Waals surface area (Å²) in [5.41, 5.74) is -0.568. The Morgan fingerprint density at radius 2 is 1.75 bits per heavy atom. The molecule has 0 radical (unpaired) electrons. The number of rotatable bonds is 4. The Hall–Kier alpha value is -0.560. The predicted molar refractivity (Wildman–Crippen MR) is 92.5 cm³/mol. The topological polar surface area (TPSA) is 15.3 Å². The maximum Gasteiger partial charge on any atom is 0.416 e. The fraction of sp³-hybridized carbons (Fsp3) is 0.625. The van der Waals surface area contributed by atoms with E-state index in [4.69, 9.17) is 0 Å². The molecule has 8 heteroatoms. The van der Waals surface area contributed by atoms with Crippen molar-refractivity contribution in [1.82, 2.24) is 10.2 Å². The van der Waals surface area contributed by atoms with Gasteiger partial charge in [0.1, 0.15) is 5.82 Å². The molecule has 0 saturated carbocycles. The van der Waals surface area contributed by atoms with E-state index in [1.165, 1.54) is 6.07 Å². The van der Waals surface area contributed by atoms with Gasteiger partial charge in [0.25, 0.3) is 0 Å². The van der Waals surface area contributed by atoms with Gasteiger partial charge in [-0.3, -0.25) is 4.90 Å². The normalized spacial score (nSPS) is 18.2. The van der Waals surface area contributed by atoms with Crippen molar-refractivity contribution in [2.24, 2.45) is 5.92 Å². The van der Waals surface area contributed by atoms with E-state index in [1.807, 2.05) is 13.8 Å². The molecule has 1 aromatic rings. The van der Waals surface area contributed by atoms with E-state index in [0.717, 1.165) is 38.7 Å². The summed E-state index contributed by atoms with van der Waals surface area (Å²) in [6.07, 6.45) is -3.67. The van der Waals surface area contributed by atoms with Crippen LogP contribution in [0, 0.1) is 11.7 Å². The summed E-state index contributed by atoms with van der Waals surface area (Å²) in [5.74, 6) is -0.594. The molecule has 1 aromatic carbocycles. The van der Waals surface area contributed by atoms with Gasteiger partial charge in [-0.15, -0.1) is 24.8 Å². The summed E-state index contributed by atoms with van der Waals surface area (Å²) >= 11 is 0. The Morgan fingerprint density at radius 1 is 1.17 bits per heavy atom. The second kappa shape index (κ2) is 9.80. The summed E-state index contributed by atoms with van der Waals surface area (Å²) in [7, 11) is 0. The average molecular weight is 391 g/mol. The van der Waals surface area contributed by atoms with E-state index in [-0.39, 0.29) is 36.8 Å². The first-order chi connectivity index (χ1) is 10.3. The summed E-state index contributed by atoms with van der Waals surface area (Å²) < 4.78 is 52.4. The molecular formula is C16H24Cl2F4N2. The van der Waals surface area contributed by atoms with Gasteiger partial charge < -0.3 is 5.32 Å². The summed E-state index contributed by atoms with van der Waals surface area (Å²) in [4.78, 5) is 2.16. The number of benzene rings is 1. The number of nitrogens with zero attached hydrogens (tertiary/aromatic N) is 1. The maximum atomic E-state index is 14.3. The standard InChI is InChI=1S/C16H22F4N2.2ClH/c1-3-11(2)15(22-8-6-21-7-9-22)13-5-4-12(10-14(13)17)16(18,19)20;;/h4-5,10-11,15,21H,3,6-9H2,1-2H3;2*1H/t11?,15-;;/m0../s1. The van der Waals surface area contributed by atoms with Crippen LogP contribution in [0.3, 0.4) is 0 Å². The van der Waals surface area contributed by atoms with Crippen LogP contribution >= 0.6 is 24.8 Å². The van der Waals surface area contributed by atoms with Gasteiger partial charge in [0.15, 0.2) is 0 Å². The zero-order valence-electron chi connectivity index (χ0n) is 13.7. The molecule has 24 heavy (non-hydrogen) atoms. The average Bonchev–Trinajstić information content (AvgIpc) is 2.49. The molecule has 1 aliphatic heterocycles. The molecule has 1 saturated heterocycles. The SMILES string of the molecule is CCC(C)[C@@H](c1ccc(C(F)(F)F)cc1F)N1CCNCC1.Cl.Cl. The zero-order valence-corrected chi connectivity index (χ0v) is 15.3. The summed E-state index contributed by atoms with van der Waals surface area (Å²) in [5, 5.41) is 3.24. The Bertz CT molecular complexity index is 505. The Labute approximate surface area is 152 Å². The lowest BCUT2D eigenvalue weighted by Gasteiger charge is -2.38. The van der Waals surface area contributed by atoms with Crippen LogP contribution in [-0.2, 0) is 6.18 Å². The van der Waals surface area contributed by atoms with Gasteiger partial charge in [-0.1, -0.05) is 26.3 Å². The number of piperazine rings is 1. The molecule has 0 aliphatic carbocycles. The van der Waals surface area contributed by atoms with Gasteiger partial charge in [0.05, 0.1) is 5.56 Å². The fourth-order valence-corrected chi connectivity index (χ4v) is 2.99. The first-order valence-electron chi connectivity index (χ1n) is 7.66. The van der Waals surface area contributed by atoms with E-state index >= 15 is 0 Å². The number of alkyl halides is 3. The molecular weight excluding hydrogens is 367 g/mol. The monoisotopic (exact) mass is 390 g/mol. The van der Waals surface area contributed by atoms with E-state index in [2.05, 4.69) is 10.2 Å². The first-order valence-corrected chi connectivity index (χ1v) is 7.66. The van der Waals surface area contributed by atoms with Gasteiger partial charge >= 0.3 is 6.18 Å². The van der Waals surface area contributed by atoms with Crippen LogP contribution < -0.4 is 5.32 Å². The van der Waals surface area contributed by atoms with Gasteiger partial charge in [-0.05, 0) is 18.1 Å². The Balaban J connectivity index is 0.00000264. The molecule has 2 nitrogen and oxygen atoms in total. The molecule has 0 spiro atoms.